The minimum Gasteiger partial charge on any atom is -0.254 e. The van der Waals surface area contributed by atoms with Crippen LogP contribution in [-0.2, 0) is 19.1 Å². The third-order valence-corrected chi connectivity index (χ3v) is 2.86. The lowest BCUT2D eigenvalue weighted by Gasteiger charge is -2.38. The van der Waals surface area contributed by atoms with Gasteiger partial charge >= 0.3 is 60.2 Å². The lowest BCUT2D eigenvalue weighted by molar-refractivity contribution is -0.526. The van der Waals surface area contributed by atoms with E-state index in [2.05, 4.69) is 0 Å². The summed E-state index contributed by atoms with van der Waals surface area (Å²) in [6.07, 6.45) is -31.1. The summed E-state index contributed by atoms with van der Waals surface area (Å²) < 4.78 is 231. The van der Waals surface area contributed by atoms with Gasteiger partial charge in [-0.05, 0) is 0 Å². The van der Waals surface area contributed by atoms with E-state index in [-0.39, 0.29) is 0 Å². The molecule has 0 aromatic heterocycles. The first-order valence-electron chi connectivity index (χ1n) is 6.38. The maximum Gasteiger partial charge on any atom is 0.434 e. The van der Waals surface area contributed by atoms with Crippen LogP contribution in [0.3, 0.4) is 0 Å². The molecule has 4 nitrogen and oxygen atoms in total. The fraction of sp³-hybridized carbons (Fsp3) is 0.800. The molecule has 0 saturated carbocycles. The summed E-state index contributed by atoms with van der Waals surface area (Å²) in [7, 11) is 0. The molecule has 190 valence electrons. The molecule has 0 aromatic rings. The van der Waals surface area contributed by atoms with Crippen molar-refractivity contribution in [2.24, 2.45) is 0 Å². The van der Waals surface area contributed by atoms with Crippen LogP contribution in [0.2, 0.25) is 0 Å². The average Bonchev–Trinajstić information content (AvgIpc) is 2.51. The van der Waals surface area contributed by atoms with Crippen molar-refractivity contribution in [3.8, 4) is 0 Å². The van der Waals surface area contributed by atoms with E-state index in [1.807, 2.05) is 0 Å². The van der Waals surface area contributed by atoms with Crippen molar-refractivity contribution < 1.29 is 98.1 Å². The summed E-state index contributed by atoms with van der Waals surface area (Å²) in [4.78, 5) is 19.2. The number of carbonyl (C=O) groups is 2. The fourth-order valence-electron chi connectivity index (χ4n) is 1.17. The smallest absolute Gasteiger partial charge is 0.254 e. The van der Waals surface area contributed by atoms with Gasteiger partial charge in [0.05, 0.1) is 0 Å². The molecule has 0 radical (unpaired) electrons. The number of carbonyl (C=O) groups excluding carboxylic acids is 2. The zero-order valence-corrected chi connectivity index (χ0v) is 13.4. The Labute approximate surface area is 160 Å². The zero-order valence-electron chi connectivity index (χ0n) is 13.4. The van der Waals surface area contributed by atoms with E-state index >= 15 is 0 Å². The maximum atomic E-state index is 13.1. The quantitative estimate of drug-likeness (QED) is 0.284. The van der Waals surface area contributed by atoms with E-state index in [0.29, 0.717) is 0 Å². The van der Waals surface area contributed by atoms with Crippen molar-refractivity contribution in [1.82, 2.24) is 0 Å². The average molecular weight is 526 g/mol. The highest BCUT2D eigenvalue weighted by atomic mass is 19.4. The van der Waals surface area contributed by atoms with E-state index < -0.39 is 60.2 Å². The van der Waals surface area contributed by atoms with E-state index in [0.717, 1.165) is 0 Å². The van der Waals surface area contributed by atoms with Crippen LogP contribution < -0.4 is 0 Å². The largest absolute Gasteiger partial charge is 0.434 e. The van der Waals surface area contributed by atoms with Gasteiger partial charge in [-0.25, -0.2) is 9.47 Å². The van der Waals surface area contributed by atoms with Crippen molar-refractivity contribution in [3.63, 3.8) is 0 Å². The van der Waals surface area contributed by atoms with Gasteiger partial charge in [0.2, 0.25) is 0 Å². The number of halogens is 18. The molecule has 0 atom stereocenters. The molecule has 0 aliphatic rings. The first kappa shape index (κ1) is 30.0. The fourth-order valence-corrected chi connectivity index (χ4v) is 1.17. The highest BCUT2D eigenvalue weighted by Gasteiger charge is 2.87. The molecule has 0 unspecified atom stereocenters. The molecule has 0 amide bonds. The summed E-state index contributed by atoms with van der Waals surface area (Å²) in [5, 5.41) is 0. The third kappa shape index (κ3) is 4.55. The lowest BCUT2D eigenvalue weighted by atomic mass is 10.1. The molecule has 0 N–H and O–H groups in total. The Morgan fingerprint density at radius 2 is 0.594 bits per heavy atom. The molecule has 0 saturated heterocycles. The Morgan fingerprint density at radius 3 is 0.750 bits per heavy atom. The van der Waals surface area contributed by atoms with Crippen molar-refractivity contribution in [1.29, 1.82) is 0 Å². The van der Waals surface area contributed by atoms with Crippen LogP contribution in [0.1, 0.15) is 0 Å². The zero-order chi connectivity index (χ0) is 26.6. The number of rotatable bonds is 11. The van der Waals surface area contributed by atoms with E-state index in [1.165, 1.54) is 9.47 Å². The van der Waals surface area contributed by atoms with Crippen LogP contribution >= 0.6 is 0 Å². The molecule has 0 bridgehead atoms. The first-order chi connectivity index (χ1) is 13.6. The van der Waals surface area contributed by atoms with Gasteiger partial charge in [0, 0.05) is 0 Å². The Morgan fingerprint density at radius 1 is 0.406 bits per heavy atom. The van der Waals surface area contributed by atoms with E-state index in [4.69, 9.17) is 0 Å². The molecular weight excluding hydrogens is 526 g/mol. The van der Waals surface area contributed by atoms with Gasteiger partial charge in [-0.3, -0.25) is 9.59 Å². The van der Waals surface area contributed by atoms with Crippen molar-refractivity contribution in [2.75, 3.05) is 0 Å². The van der Waals surface area contributed by atoms with Crippen LogP contribution in [0.15, 0.2) is 0 Å². The van der Waals surface area contributed by atoms with Crippen LogP contribution in [0.5, 0.6) is 0 Å². The van der Waals surface area contributed by atoms with Gasteiger partial charge in [-0.2, -0.15) is 79.0 Å². The van der Waals surface area contributed by atoms with Crippen LogP contribution in [0.25, 0.3) is 0 Å². The standard InChI is InChI=1S/C10F18O4/c11-1(29)3(13,14)7(21,22)31-9(25,26)5(17,18)6(19,20)10(27,28)32-8(23,24)4(15,16)2(12)30. The monoisotopic (exact) mass is 526 g/mol. The van der Waals surface area contributed by atoms with Crippen molar-refractivity contribution in [3.05, 3.63) is 0 Å². The number of alkyl halides is 16. The van der Waals surface area contributed by atoms with Gasteiger partial charge in [0.15, 0.2) is 0 Å². The van der Waals surface area contributed by atoms with E-state index in [1.54, 1.807) is 0 Å². The summed E-state index contributed by atoms with van der Waals surface area (Å²) in [5.41, 5.74) is 0. The molecular formula is C10F18O4. The second kappa shape index (κ2) is 7.80. The molecule has 0 heterocycles. The number of hydrogen-bond donors (Lipinski definition) is 0. The highest BCUT2D eigenvalue weighted by molar-refractivity contribution is 5.77. The van der Waals surface area contributed by atoms with Crippen LogP contribution in [0.4, 0.5) is 79.0 Å². The van der Waals surface area contributed by atoms with E-state index in [9.17, 15) is 88.6 Å². The summed E-state index contributed by atoms with van der Waals surface area (Å²) in [6.45, 7) is 0. The first-order valence-corrected chi connectivity index (χ1v) is 6.38. The SMILES string of the molecule is O=C(F)C(F)(F)C(F)(F)OC(F)(F)C(F)(F)C(F)(F)C(F)(F)OC(F)(F)C(F)(F)C(=O)F. The van der Waals surface area contributed by atoms with Gasteiger partial charge in [-0.15, -0.1) is 0 Å². The van der Waals surface area contributed by atoms with Gasteiger partial charge < -0.3 is 0 Å². The summed E-state index contributed by atoms with van der Waals surface area (Å²) in [6, 6.07) is -9.22. The molecule has 0 aliphatic heterocycles. The van der Waals surface area contributed by atoms with Crippen molar-refractivity contribution >= 4 is 12.1 Å². The minimum atomic E-state index is -8.40. The van der Waals surface area contributed by atoms with Gasteiger partial charge in [-0.1, -0.05) is 0 Å². The predicted octanol–water partition coefficient (Wildman–Crippen LogP) is 4.92. The lowest BCUT2D eigenvalue weighted by Crippen LogP contribution is -2.67. The summed E-state index contributed by atoms with van der Waals surface area (Å²) in [5.74, 6) is -31.1. The van der Waals surface area contributed by atoms with Crippen LogP contribution in [-0.4, -0.2) is 60.2 Å². The van der Waals surface area contributed by atoms with Gasteiger partial charge in [0.25, 0.3) is 0 Å². The molecule has 0 aliphatic carbocycles. The Hall–Kier alpha value is -2.00. The highest BCUT2D eigenvalue weighted by Crippen LogP contribution is 2.57. The number of hydrogen-bond acceptors (Lipinski definition) is 4. The minimum absolute atomic E-state index is 1.19. The third-order valence-electron chi connectivity index (χ3n) is 2.86. The molecule has 0 fully saturated rings. The van der Waals surface area contributed by atoms with Gasteiger partial charge in [0.1, 0.15) is 0 Å². The van der Waals surface area contributed by atoms with Crippen LogP contribution in [0, 0.1) is 0 Å². The molecule has 32 heavy (non-hydrogen) atoms. The molecule has 0 spiro atoms. The maximum absolute atomic E-state index is 13.1. The summed E-state index contributed by atoms with van der Waals surface area (Å²) >= 11 is 0. The second-order valence-corrected chi connectivity index (χ2v) is 5.12. The second-order valence-electron chi connectivity index (χ2n) is 5.12. The topological polar surface area (TPSA) is 52.6 Å². The normalized spacial score (nSPS) is 15.7. The molecule has 0 aromatic carbocycles. The molecule has 22 heteroatoms. The van der Waals surface area contributed by atoms with Crippen molar-refractivity contribution in [2.45, 2.75) is 48.1 Å². The Bertz CT molecular complexity index is 680. The molecule has 0 rings (SSSR count). The predicted molar refractivity (Wildman–Crippen MR) is 54.0 cm³/mol. The number of ether oxygens (including phenoxy) is 2. The Balaban J connectivity index is 6.32. The Kier molecular flexibility index (Phi) is 7.31.